The molecule has 1 heterocycles. The maximum absolute atomic E-state index is 2.57. The molecule has 2 rings (SSSR count). The quantitative estimate of drug-likeness (QED) is 0.665. The van der Waals surface area contributed by atoms with Crippen LogP contribution in [0, 0.1) is 11.8 Å². The summed E-state index contributed by atoms with van der Waals surface area (Å²) in [6.07, 6.45) is 3.88. The number of benzene rings is 1. The van der Waals surface area contributed by atoms with Gasteiger partial charge in [0.2, 0.25) is 0 Å². The molecule has 0 amide bonds. The zero-order chi connectivity index (χ0) is 16.9. The number of likely N-dealkylation sites (N-methyl/N-ethyl adjacent to an activating group) is 1. The van der Waals surface area contributed by atoms with Crippen molar-refractivity contribution in [1.29, 1.82) is 0 Å². The first-order valence-electron chi connectivity index (χ1n) is 9.59. The summed E-state index contributed by atoms with van der Waals surface area (Å²) in [7, 11) is 2.46. The van der Waals surface area contributed by atoms with Crippen LogP contribution in [0.4, 0.5) is 5.69 Å². The Labute approximate surface area is 144 Å². The monoisotopic (exact) mass is 317 g/mol. The molecule has 0 radical (unpaired) electrons. The van der Waals surface area contributed by atoms with E-state index in [1.54, 1.807) is 0 Å². The zero-order valence-electron chi connectivity index (χ0n) is 16.0. The molecule has 1 saturated heterocycles. The highest BCUT2D eigenvalue weighted by molar-refractivity contribution is 5.47. The maximum Gasteiger partial charge on any atom is 0.0963 e. The van der Waals surface area contributed by atoms with E-state index >= 15 is 0 Å². The van der Waals surface area contributed by atoms with Crippen LogP contribution in [-0.2, 0) is 6.42 Å². The van der Waals surface area contributed by atoms with Crippen LogP contribution in [0.25, 0.3) is 0 Å². The van der Waals surface area contributed by atoms with Gasteiger partial charge in [0.1, 0.15) is 0 Å². The molecular weight excluding hydrogens is 280 g/mol. The highest BCUT2D eigenvalue weighted by Gasteiger charge is 2.30. The van der Waals surface area contributed by atoms with E-state index in [0.29, 0.717) is 0 Å². The second kappa shape index (κ2) is 8.19. The summed E-state index contributed by atoms with van der Waals surface area (Å²) in [5.74, 6) is 1.68. The summed E-state index contributed by atoms with van der Waals surface area (Å²) >= 11 is 0. The fraction of sp³-hybridized carbons (Fsp3) is 0.714. The molecule has 1 aliphatic heterocycles. The number of nitrogens with zero attached hydrogens (tertiary/aromatic N) is 2. The number of anilines is 1. The van der Waals surface area contributed by atoms with Crippen molar-refractivity contribution in [1.82, 2.24) is 0 Å². The van der Waals surface area contributed by atoms with E-state index in [-0.39, 0.29) is 0 Å². The number of hydrogen-bond acceptors (Lipinski definition) is 1. The third-order valence-electron chi connectivity index (χ3n) is 5.52. The fourth-order valence-corrected chi connectivity index (χ4v) is 3.79. The molecule has 0 N–H and O–H groups in total. The predicted molar refractivity (Wildman–Crippen MR) is 102 cm³/mol. The number of piperazine rings is 1. The van der Waals surface area contributed by atoms with E-state index in [1.807, 2.05) is 0 Å². The minimum absolute atomic E-state index is 0.839. The van der Waals surface area contributed by atoms with Crippen molar-refractivity contribution in [3.05, 3.63) is 29.8 Å². The molecule has 1 fully saturated rings. The van der Waals surface area contributed by atoms with Crippen molar-refractivity contribution < 1.29 is 4.48 Å². The van der Waals surface area contributed by atoms with Crippen LogP contribution in [0.15, 0.2) is 24.3 Å². The molecule has 0 spiro atoms. The Morgan fingerprint density at radius 2 is 1.61 bits per heavy atom. The Hall–Kier alpha value is -1.02. The van der Waals surface area contributed by atoms with Gasteiger partial charge in [0, 0.05) is 11.6 Å². The van der Waals surface area contributed by atoms with Gasteiger partial charge >= 0.3 is 0 Å². The van der Waals surface area contributed by atoms with E-state index in [4.69, 9.17) is 0 Å². The summed E-state index contributed by atoms with van der Waals surface area (Å²) in [6.45, 7) is 15.6. The van der Waals surface area contributed by atoms with E-state index < -0.39 is 0 Å². The van der Waals surface area contributed by atoms with Gasteiger partial charge in [-0.1, -0.05) is 46.2 Å². The summed E-state index contributed by atoms with van der Waals surface area (Å²) in [4.78, 5) is 2.57. The van der Waals surface area contributed by atoms with Crippen molar-refractivity contribution >= 4 is 5.69 Å². The van der Waals surface area contributed by atoms with Crippen molar-refractivity contribution in [2.24, 2.45) is 11.8 Å². The van der Waals surface area contributed by atoms with Gasteiger partial charge in [-0.3, -0.25) is 0 Å². The predicted octanol–water partition coefficient (Wildman–Crippen LogP) is 4.59. The van der Waals surface area contributed by atoms with Crippen LogP contribution < -0.4 is 4.90 Å². The maximum atomic E-state index is 2.57. The van der Waals surface area contributed by atoms with Gasteiger partial charge in [0.15, 0.2) is 0 Å². The minimum Gasteiger partial charge on any atom is -0.360 e. The molecular formula is C21H37N2+. The van der Waals surface area contributed by atoms with Gasteiger partial charge in [-0.15, -0.1) is 0 Å². The molecule has 0 aliphatic carbocycles. The summed E-state index contributed by atoms with van der Waals surface area (Å²) in [5, 5.41) is 0. The van der Waals surface area contributed by atoms with Gasteiger partial charge in [-0.25, -0.2) is 0 Å². The van der Waals surface area contributed by atoms with Crippen molar-refractivity contribution in [2.75, 3.05) is 44.7 Å². The molecule has 1 aromatic carbocycles. The lowest BCUT2D eigenvalue weighted by Gasteiger charge is -2.44. The van der Waals surface area contributed by atoms with Crippen LogP contribution in [-0.4, -0.2) is 44.3 Å². The smallest absolute Gasteiger partial charge is 0.0963 e. The molecule has 1 unspecified atom stereocenters. The average Bonchev–Trinajstić information content (AvgIpc) is 2.53. The highest BCUT2D eigenvalue weighted by Crippen LogP contribution is 2.22. The van der Waals surface area contributed by atoms with Crippen LogP contribution >= 0.6 is 0 Å². The number of aryl methyl sites for hydroxylation is 1. The summed E-state index contributed by atoms with van der Waals surface area (Å²) in [5.41, 5.74) is 2.84. The third kappa shape index (κ3) is 5.53. The van der Waals surface area contributed by atoms with Crippen LogP contribution in [0.5, 0.6) is 0 Å². The van der Waals surface area contributed by atoms with Gasteiger partial charge in [0.05, 0.1) is 39.8 Å². The van der Waals surface area contributed by atoms with Gasteiger partial charge in [0.25, 0.3) is 0 Å². The first-order chi connectivity index (χ1) is 10.9. The first kappa shape index (κ1) is 18.3. The Kier molecular flexibility index (Phi) is 6.52. The molecule has 1 atom stereocenters. The molecule has 0 aromatic heterocycles. The van der Waals surface area contributed by atoms with E-state index in [9.17, 15) is 0 Å². The molecule has 130 valence electrons. The molecule has 0 bridgehead atoms. The lowest BCUT2D eigenvalue weighted by Crippen LogP contribution is -2.58. The lowest BCUT2D eigenvalue weighted by molar-refractivity contribution is -0.913. The molecule has 1 aromatic rings. The zero-order valence-corrected chi connectivity index (χ0v) is 16.0. The van der Waals surface area contributed by atoms with Crippen LogP contribution in [0.3, 0.4) is 0 Å². The Morgan fingerprint density at radius 3 is 2.13 bits per heavy atom. The largest absolute Gasteiger partial charge is 0.360 e. The van der Waals surface area contributed by atoms with Crippen LogP contribution in [0.1, 0.15) is 46.1 Å². The Morgan fingerprint density at radius 1 is 1.00 bits per heavy atom. The summed E-state index contributed by atoms with van der Waals surface area (Å²) in [6, 6.07) is 9.18. The van der Waals surface area contributed by atoms with Gasteiger partial charge < -0.3 is 9.38 Å². The second-order valence-corrected chi connectivity index (χ2v) is 8.33. The second-order valence-electron chi connectivity index (χ2n) is 8.33. The number of quaternary nitrogens is 1. The number of rotatable bonds is 7. The summed E-state index contributed by atoms with van der Waals surface area (Å²) < 4.78 is 1.25. The average molecular weight is 318 g/mol. The Balaban J connectivity index is 1.84. The molecule has 23 heavy (non-hydrogen) atoms. The topological polar surface area (TPSA) is 3.24 Å². The van der Waals surface area contributed by atoms with E-state index in [1.165, 1.54) is 61.3 Å². The third-order valence-corrected chi connectivity index (χ3v) is 5.52. The lowest BCUT2D eigenvalue weighted by atomic mass is 9.98. The number of hydrogen-bond donors (Lipinski definition) is 0. The first-order valence-corrected chi connectivity index (χ1v) is 9.59. The molecule has 1 aliphatic rings. The molecule has 0 saturated carbocycles. The fourth-order valence-electron chi connectivity index (χ4n) is 3.79. The van der Waals surface area contributed by atoms with E-state index in [2.05, 4.69) is 63.9 Å². The standard InChI is InChI=1S/C21H37N2/c1-6-20-9-11-21(12-10-20)22-13-15-23(5,16-14-22)17-19(4)8-7-18(2)3/h9-12,18-19H,6-8,13-17H2,1-5H3/q+1. The molecule has 2 nitrogen and oxygen atoms in total. The van der Waals surface area contributed by atoms with Crippen LogP contribution in [0.2, 0.25) is 0 Å². The highest BCUT2D eigenvalue weighted by atomic mass is 15.4. The van der Waals surface area contributed by atoms with Crippen molar-refractivity contribution in [3.8, 4) is 0 Å². The molecule has 2 heteroatoms. The van der Waals surface area contributed by atoms with Crippen molar-refractivity contribution in [2.45, 2.75) is 47.0 Å². The SMILES string of the molecule is CCc1ccc(N2CC[N+](C)(CC(C)CCC(C)C)CC2)cc1. The minimum atomic E-state index is 0.839. The van der Waals surface area contributed by atoms with Gasteiger partial charge in [-0.2, -0.15) is 0 Å². The normalized spacial score (nSPS) is 19.1. The van der Waals surface area contributed by atoms with E-state index in [0.717, 1.165) is 18.3 Å². The van der Waals surface area contributed by atoms with Crippen molar-refractivity contribution in [3.63, 3.8) is 0 Å². The Bertz CT molecular complexity index is 455. The van der Waals surface area contributed by atoms with Gasteiger partial charge in [-0.05, 0) is 36.5 Å².